The van der Waals surface area contributed by atoms with Crippen LogP contribution in [0.2, 0.25) is 0 Å². The predicted molar refractivity (Wildman–Crippen MR) is 95.2 cm³/mol. The van der Waals surface area contributed by atoms with E-state index in [1.807, 2.05) is 37.8 Å². The van der Waals surface area contributed by atoms with Gasteiger partial charge in [-0.05, 0) is 12.5 Å². The van der Waals surface area contributed by atoms with Crippen LogP contribution >= 0.6 is 0 Å². The molecule has 0 bridgehead atoms. The van der Waals surface area contributed by atoms with Crippen molar-refractivity contribution in [1.82, 2.24) is 15.1 Å². The number of nitrogens with one attached hydrogen (secondary N) is 1. The number of ether oxygens (including phenoxy) is 1. The number of amides is 1. The maximum absolute atomic E-state index is 11.8. The zero-order valence-corrected chi connectivity index (χ0v) is 18.5. The smallest absolute Gasteiger partial charge is 0.377 e. The quantitative estimate of drug-likeness (QED) is 0.743. The van der Waals surface area contributed by atoms with Crippen LogP contribution in [-0.2, 0) is 44.0 Å². The van der Waals surface area contributed by atoms with Gasteiger partial charge in [-0.3, -0.25) is 4.68 Å². The van der Waals surface area contributed by atoms with Crippen LogP contribution in [0.3, 0.4) is 0 Å². The van der Waals surface area contributed by atoms with Crippen LogP contribution in [0, 0.1) is 18.9 Å². The van der Waals surface area contributed by atoms with Crippen molar-refractivity contribution in [2.24, 2.45) is 5.41 Å². The van der Waals surface area contributed by atoms with Crippen LogP contribution in [0.15, 0.2) is 36.7 Å². The van der Waals surface area contributed by atoms with Gasteiger partial charge >= 0.3 is 6.09 Å². The third-order valence-corrected chi connectivity index (χ3v) is 3.85. The van der Waals surface area contributed by atoms with E-state index in [1.165, 1.54) is 5.56 Å². The fraction of sp³-hybridized carbons (Fsp3) is 0.421. The van der Waals surface area contributed by atoms with Gasteiger partial charge < -0.3 is 10.1 Å². The molecule has 133 valence electrons. The maximum atomic E-state index is 11.8. The molecule has 25 heavy (non-hydrogen) atoms. The molecule has 0 spiro atoms. The molecule has 2 aromatic rings. The fourth-order valence-electron chi connectivity index (χ4n) is 2.30. The van der Waals surface area contributed by atoms with Gasteiger partial charge in [-0.15, -0.1) is 0 Å². The van der Waals surface area contributed by atoms with Crippen LogP contribution < -0.4 is 5.32 Å². The van der Waals surface area contributed by atoms with Gasteiger partial charge in [0.25, 0.3) is 0 Å². The Morgan fingerprint density at radius 1 is 1.28 bits per heavy atom. The predicted octanol–water partition coefficient (Wildman–Crippen LogP) is 4.18. The molecule has 0 saturated carbocycles. The second kappa shape index (κ2) is 9.49. The molecule has 1 aromatic heterocycles. The first-order chi connectivity index (χ1) is 11.3. The molecule has 0 aliphatic rings. The van der Waals surface area contributed by atoms with Crippen LogP contribution in [0.1, 0.15) is 33.3 Å². The van der Waals surface area contributed by atoms with E-state index in [-0.39, 0.29) is 44.2 Å². The van der Waals surface area contributed by atoms with Crippen molar-refractivity contribution in [2.75, 3.05) is 0 Å². The molecule has 0 aliphatic carbocycles. The molecule has 6 heteroatoms. The molecule has 1 unspecified atom stereocenters. The summed E-state index contributed by atoms with van der Waals surface area (Å²) in [7, 11) is 0. The molecule has 1 N–H and O–H groups in total. The van der Waals surface area contributed by atoms with Crippen molar-refractivity contribution in [3.63, 3.8) is 0 Å². The van der Waals surface area contributed by atoms with Crippen molar-refractivity contribution >= 4 is 6.09 Å². The average molecular weight is 417 g/mol. The van der Waals surface area contributed by atoms with Crippen molar-refractivity contribution in [3.8, 4) is 11.1 Å². The summed E-state index contributed by atoms with van der Waals surface area (Å²) >= 11 is 0. The Labute approximate surface area is 175 Å². The number of nitrogens with zero attached hydrogens (tertiary/aromatic N) is 2. The Bertz CT molecular complexity index is 675. The van der Waals surface area contributed by atoms with Crippen molar-refractivity contribution < 1.29 is 42.2 Å². The Morgan fingerprint density at radius 2 is 1.92 bits per heavy atom. The molecule has 1 amide bonds. The molecular weight excluding hydrogens is 391 g/mol. The van der Waals surface area contributed by atoms with Gasteiger partial charge in [0.05, 0.1) is 12.7 Å². The number of hydrogen-bond donors (Lipinski definition) is 1. The van der Waals surface area contributed by atoms with E-state index in [0.29, 0.717) is 6.54 Å². The minimum Gasteiger partial charge on any atom is -0.471 e. The number of carbonyl (C=O) groups excluding carboxylic acids is 1. The van der Waals surface area contributed by atoms with Crippen LogP contribution in [0.25, 0.3) is 11.1 Å². The fourth-order valence-corrected chi connectivity index (χ4v) is 2.30. The monoisotopic (exact) mass is 417 g/mol. The van der Waals surface area contributed by atoms with Gasteiger partial charge in [-0.25, -0.2) is 11.3 Å². The minimum absolute atomic E-state index is 0. The molecule has 0 fully saturated rings. The number of alkyl carbamates (subject to hydrolysis) is 1. The van der Waals surface area contributed by atoms with E-state index in [9.17, 15) is 4.79 Å². The third kappa shape index (κ3) is 6.55. The topological polar surface area (TPSA) is 56.1 Å². The standard InChI is InChI=1S/C19H26N3O2.Y/c1-6-20-18(23)24-17(19(3,4)5)13-22-12-16(11-21-22)15-9-7-14(2)8-10-15;/h6-12,17H,13H2,1-5H3,(H,20,23);/q-1;. The summed E-state index contributed by atoms with van der Waals surface area (Å²) in [6.07, 6.45) is 3.09. The summed E-state index contributed by atoms with van der Waals surface area (Å²) in [5.74, 6) is 0. The molecular formula is C19H26N3O2Y-. The SMILES string of the molecule is C[CH-]NC(=O)OC(Cn1cc(-c2ccc(C)cc2)cn1)C(C)(C)C.[Y]. The van der Waals surface area contributed by atoms with E-state index >= 15 is 0 Å². The Kier molecular flexibility index (Phi) is 8.29. The summed E-state index contributed by atoms with van der Waals surface area (Å²) in [4.78, 5) is 11.8. The van der Waals surface area contributed by atoms with Gasteiger partial charge in [0.1, 0.15) is 6.10 Å². The van der Waals surface area contributed by atoms with Crippen molar-refractivity contribution in [2.45, 2.75) is 47.3 Å². The number of aromatic nitrogens is 2. The molecule has 2 rings (SSSR count). The number of carbonyl (C=O) groups is 1. The number of benzene rings is 1. The largest absolute Gasteiger partial charge is 0.471 e. The normalized spacial score (nSPS) is 12.2. The van der Waals surface area contributed by atoms with Gasteiger partial charge in [-0.1, -0.05) is 50.6 Å². The number of aryl methyl sites for hydroxylation is 1. The van der Waals surface area contributed by atoms with E-state index < -0.39 is 6.09 Å². The Balaban J connectivity index is 0.00000312. The van der Waals surface area contributed by atoms with Crippen molar-refractivity contribution in [3.05, 3.63) is 48.8 Å². The molecule has 1 aromatic carbocycles. The molecule has 1 heterocycles. The molecule has 1 radical (unpaired) electrons. The van der Waals surface area contributed by atoms with E-state index in [0.717, 1.165) is 11.1 Å². The summed E-state index contributed by atoms with van der Waals surface area (Å²) in [6.45, 7) is 12.0. The number of rotatable bonds is 5. The zero-order valence-electron chi connectivity index (χ0n) is 15.6. The van der Waals surface area contributed by atoms with Gasteiger partial charge in [-0.2, -0.15) is 12.0 Å². The second-order valence-corrected chi connectivity index (χ2v) is 7.01. The second-order valence-electron chi connectivity index (χ2n) is 7.01. The average Bonchev–Trinajstić information content (AvgIpc) is 2.95. The molecule has 0 aliphatic heterocycles. The molecule has 5 nitrogen and oxygen atoms in total. The Morgan fingerprint density at radius 3 is 2.48 bits per heavy atom. The summed E-state index contributed by atoms with van der Waals surface area (Å²) in [6, 6.07) is 8.33. The van der Waals surface area contributed by atoms with Gasteiger partial charge in [0.2, 0.25) is 0 Å². The van der Waals surface area contributed by atoms with E-state index in [2.05, 4.69) is 41.6 Å². The first-order valence-electron chi connectivity index (χ1n) is 8.14. The minimum atomic E-state index is -0.441. The first kappa shape index (κ1) is 21.8. The van der Waals surface area contributed by atoms with Crippen molar-refractivity contribution in [1.29, 1.82) is 0 Å². The van der Waals surface area contributed by atoms with Crippen LogP contribution in [0.5, 0.6) is 0 Å². The summed E-state index contributed by atoms with van der Waals surface area (Å²) in [5, 5.41) is 6.97. The van der Waals surface area contributed by atoms with E-state index in [4.69, 9.17) is 4.74 Å². The number of hydrogen-bond acceptors (Lipinski definition) is 3. The molecule has 1 atom stereocenters. The maximum Gasteiger partial charge on any atom is 0.377 e. The zero-order chi connectivity index (χ0) is 17.7. The molecule has 0 saturated heterocycles. The first-order valence-corrected chi connectivity index (χ1v) is 8.14. The summed E-state index contributed by atoms with van der Waals surface area (Å²) < 4.78 is 7.38. The third-order valence-electron chi connectivity index (χ3n) is 3.85. The van der Waals surface area contributed by atoms with E-state index in [1.54, 1.807) is 13.5 Å². The summed E-state index contributed by atoms with van der Waals surface area (Å²) in [5.41, 5.74) is 3.21. The Hall–Kier alpha value is -1.20. The van der Waals surface area contributed by atoms with Gasteiger partial charge in [0, 0.05) is 49.9 Å². The van der Waals surface area contributed by atoms with Crippen LogP contribution in [0.4, 0.5) is 4.79 Å². The van der Waals surface area contributed by atoms with Gasteiger partial charge in [0.15, 0.2) is 0 Å². The van der Waals surface area contributed by atoms with Crippen LogP contribution in [-0.4, -0.2) is 22.0 Å².